The van der Waals surface area contributed by atoms with Gasteiger partial charge in [-0.1, -0.05) is 26.0 Å². The molecule has 2 aliphatic rings. The summed E-state index contributed by atoms with van der Waals surface area (Å²) in [5.41, 5.74) is 5.76. The molecule has 31 heavy (non-hydrogen) atoms. The fourth-order valence-electron chi connectivity index (χ4n) is 5.02. The largest absolute Gasteiger partial charge is 0.497 e. The maximum atomic E-state index is 13.4. The molecule has 5 nitrogen and oxygen atoms in total. The predicted molar refractivity (Wildman–Crippen MR) is 122 cm³/mol. The molecular formula is C26H26N2O3. The van der Waals surface area contributed by atoms with Crippen molar-refractivity contribution in [1.29, 1.82) is 0 Å². The molecule has 0 saturated carbocycles. The van der Waals surface area contributed by atoms with E-state index in [9.17, 15) is 4.79 Å². The molecule has 2 heterocycles. The first-order valence-corrected chi connectivity index (χ1v) is 10.5. The summed E-state index contributed by atoms with van der Waals surface area (Å²) in [4.78, 5) is 18.0. The van der Waals surface area contributed by atoms with Crippen molar-refractivity contribution in [3.63, 3.8) is 0 Å². The summed E-state index contributed by atoms with van der Waals surface area (Å²) in [7, 11) is 3.30. The standard InChI is InChI=1S/C26H26N2O3/c1-26(2)13-20-24(21(29)14-26)23(17-8-7-15(30-3)12-22(17)31-4)18-9-10-19-16(25(18)28-20)6-5-11-27-19/h5-12,23,28H,13-14H2,1-4H3/t23-/m0/s1. The molecule has 1 atom stereocenters. The van der Waals surface area contributed by atoms with Gasteiger partial charge < -0.3 is 14.8 Å². The quantitative estimate of drug-likeness (QED) is 0.617. The van der Waals surface area contributed by atoms with Crippen LogP contribution < -0.4 is 14.8 Å². The van der Waals surface area contributed by atoms with Crippen molar-refractivity contribution in [3.8, 4) is 11.5 Å². The van der Waals surface area contributed by atoms with Crippen LogP contribution in [0.3, 0.4) is 0 Å². The molecule has 5 rings (SSSR count). The Bertz CT molecular complexity index is 1240. The van der Waals surface area contributed by atoms with Gasteiger partial charge in [-0.25, -0.2) is 0 Å². The lowest BCUT2D eigenvalue weighted by Crippen LogP contribution is -2.34. The third-order valence-electron chi connectivity index (χ3n) is 6.36. The smallest absolute Gasteiger partial charge is 0.162 e. The molecule has 0 spiro atoms. The highest BCUT2D eigenvalue weighted by Gasteiger charge is 2.41. The van der Waals surface area contributed by atoms with Crippen LogP contribution in [-0.4, -0.2) is 25.0 Å². The number of pyridine rings is 1. The van der Waals surface area contributed by atoms with Crippen molar-refractivity contribution < 1.29 is 14.3 Å². The molecule has 0 fully saturated rings. The molecule has 5 heteroatoms. The second-order valence-electron chi connectivity index (χ2n) is 9.10. The zero-order chi connectivity index (χ0) is 21.8. The Morgan fingerprint density at radius 1 is 1.03 bits per heavy atom. The molecule has 0 bridgehead atoms. The first-order valence-electron chi connectivity index (χ1n) is 10.5. The molecule has 1 aliphatic carbocycles. The van der Waals surface area contributed by atoms with Crippen LogP contribution in [0.25, 0.3) is 10.9 Å². The maximum Gasteiger partial charge on any atom is 0.162 e. The fraction of sp³-hybridized carbons (Fsp3) is 0.308. The number of aromatic nitrogens is 1. The summed E-state index contributed by atoms with van der Waals surface area (Å²) in [6.45, 7) is 4.30. The van der Waals surface area contributed by atoms with E-state index >= 15 is 0 Å². The van der Waals surface area contributed by atoms with Crippen LogP contribution in [0.4, 0.5) is 5.69 Å². The number of hydrogen-bond donors (Lipinski definition) is 1. The number of allylic oxidation sites excluding steroid dienone is 2. The third kappa shape index (κ3) is 3.16. The Hall–Kier alpha value is -3.34. The van der Waals surface area contributed by atoms with E-state index in [0.29, 0.717) is 12.2 Å². The van der Waals surface area contributed by atoms with Crippen LogP contribution in [-0.2, 0) is 4.79 Å². The first kappa shape index (κ1) is 19.6. The summed E-state index contributed by atoms with van der Waals surface area (Å²) < 4.78 is 11.2. The van der Waals surface area contributed by atoms with Crippen molar-refractivity contribution in [2.75, 3.05) is 19.5 Å². The van der Waals surface area contributed by atoms with Crippen LogP contribution in [0, 0.1) is 5.41 Å². The summed E-state index contributed by atoms with van der Waals surface area (Å²) in [5.74, 6) is 1.43. The minimum atomic E-state index is -0.208. The zero-order valence-corrected chi connectivity index (χ0v) is 18.3. The number of methoxy groups -OCH3 is 2. The van der Waals surface area contributed by atoms with E-state index in [-0.39, 0.29) is 17.1 Å². The van der Waals surface area contributed by atoms with E-state index in [1.54, 1.807) is 20.4 Å². The minimum absolute atomic E-state index is 0.0855. The zero-order valence-electron chi connectivity index (χ0n) is 18.3. The highest BCUT2D eigenvalue weighted by molar-refractivity contribution is 6.04. The van der Waals surface area contributed by atoms with Crippen molar-refractivity contribution in [2.24, 2.45) is 5.41 Å². The topological polar surface area (TPSA) is 60.5 Å². The van der Waals surface area contributed by atoms with Crippen LogP contribution in [0.1, 0.15) is 43.7 Å². The number of ether oxygens (including phenoxy) is 2. The van der Waals surface area contributed by atoms with Gasteiger partial charge in [-0.05, 0) is 41.7 Å². The van der Waals surface area contributed by atoms with Gasteiger partial charge in [0.25, 0.3) is 0 Å². The molecule has 0 unspecified atom stereocenters. The number of carbonyl (C=O) groups excluding carboxylic acids is 1. The molecule has 158 valence electrons. The molecule has 0 radical (unpaired) electrons. The molecule has 0 saturated heterocycles. The predicted octanol–water partition coefficient (Wildman–Crippen LogP) is 5.45. The number of nitrogens with one attached hydrogen (secondary N) is 1. The van der Waals surface area contributed by atoms with Gasteiger partial charge in [-0.3, -0.25) is 9.78 Å². The number of fused-ring (bicyclic) bond motifs is 3. The van der Waals surface area contributed by atoms with Gasteiger partial charge in [-0.2, -0.15) is 0 Å². The van der Waals surface area contributed by atoms with Gasteiger partial charge in [0.1, 0.15) is 11.5 Å². The van der Waals surface area contributed by atoms with Crippen LogP contribution in [0.2, 0.25) is 0 Å². The summed E-state index contributed by atoms with van der Waals surface area (Å²) in [6, 6.07) is 14.0. The van der Waals surface area contributed by atoms with Gasteiger partial charge in [0.05, 0.1) is 25.4 Å². The fourth-order valence-corrected chi connectivity index (χ4v) is 5.02. The Kier molecular flexibility index (Phi) is 4.50. The molecule has 2 aromatic carbocycles. The average Bonchev–Trinajstić information content (AvgIpc) is 2.76. The Morgan fingerprint density at radius 2 is 1.84 bits per heavy atom. The van der Waals surface area contributed by atoms with E-state index in [1.807, 2.05) is 30.3 Å². The second kappa shape index (κ2) is 7.12. The number of anilines is 1. The van der Waals surface area contributed by atoms with Gasteiger partial charge in [0.2, 0.25) is 0 Å². The van der Waals surface area contributed by atoms with Crippen LogP contribution in [0.15, 0.2) is 59.9 Å². The maximum absolute atomic E-state index is 13.4. The molecule has 0 amide bonds. The van der Waals surface area contributed by atoms with E-state index < -0.39 is 0 Å². The number of hydrogen-bond acceptors (Lipinski definition) is 5. The minimum Gasteiger partial charge on any atom is -0.497 e. The SMILES string of the molecule is COc1ccc([C@@H]2C3=C(CC(C)(C)CC3=O)Nc3c2ccc2ncccc32)c(OC)c1. The van der Waals surface area contributed by atoms with E-state index in [2.05, 4.69) is 36.3 Å². The van der Waals surface area contributed by atoms with Gasteiger partial charge in [0, 0.05) is 46.8 Å². The van der Waals surface area contributed by atoms with Crippen molar-refractivity contribution >= 4 is 22.4 Å². The molecule has 1 aliphatic heterocycles. The number of benzene rings is 2. The number of rotatable bonds is 3. The Labute approximate surface area is 182 Å². The summed E-state index contributed by atoms with van der Waals surface area (Å²) >= 11 is 0. The van der Waals surface area contributed by atoms with E-state index in [1.165, 1.54) is 0 Å². The Morgan fingerprint density at radius 3 is 2.61 bits per heavy atom. The number of ketones is 1. The highest BCUT2D eigenvalue weighted by Crippen LogP contribution is 2.52. The molecule has 3 aromatic rings. The first-order chi connectivity index (χ1) is 14.9. The van der Waals surface area contributed by atoms with Crippen molar-refractivity contribution in [1.82, 2.24) is 4.98 Å². The molecule has 1 aromatic heterocycles. The molecular weight excluding hydrogens is 388 g/mol. The van der Waals surface area contributed by atoms with E-state index in [4.69, 9.17) is 9.47 Å². The van der Waals surface area contributed by atoms with Crippen molar-refractivity contribution in [3.05, 3.63) is 71.1 Å². The summed E-state index contributed by atoms with van der Waals surface area (Å²) in [5, 5.41) is 4.70. The lowest BCUT2D eigenvalue weighted by Gasteiger charge is -2.40. The number of nitrogens with zero attached hydrogens (tertiary/aromatic N) is 1. The average molecular weight is 415 g/mol. The normalized spacial score (nSPS) is 19.5. The van der Waals surface area contributed by atoms with E-state index in [0.717, 1.165) is 51.2 Å². The molecule has 1 N–H and O–H groups in total. The Balaban J connectivity index is 1.80. The number of Topliss-reactive ketones (excluding diaryl/α,β-unsaturated/α-hetero) is 1. The lowest BCUT2D eigenvalue weighted by atomic mass is 9.68. The summed E-state index contributed by atoms with van der Waals surface area (Å²) in [6.07, 6.45) is 3.16. The van der Waals surface area contributed by atoms with Gasteiger partial charge >= 0.3 is 0 Å². The van der Waals surface area contributed by atoms with Gasteiger partial charge in [-0.15, -0.1) is 0 Å². The number of carbonyl (C=O) groups is 1. The second-order valence-corrected chi connectivity index (χ2v) is 9.10. The van der Waals surface area contributed by atoms with Crippen LogP contribution >= 0.6 is 0 Å². The third-order valence-corrected chi connectivity index (χ3v) is 6.36. The van der Waals surface area contributed by atoms with Crippen molar-refractivity contribution in [2.45, 2.75) is 32.6 Å². The highest BCUT2D eigenvalue weighted by atomic mass is 16.5. The van der Waals surface area contributed by atoms with Crippen LogP contribution in [0.5, 0.6) is 11.5 Å². The monoisotopic (exact) mass is 414 g/mol. The van der Waals surface area contributed by atoms with Gasteiger partial charge in [0.15, 0.2) is 5.78 Å². The lowest BCUT2D eigenvalue weighted by molar-refractivity contribution is -0.118.